The lowest BCUT2D eigenvalue weighted by Gasteiger charge is -2.13. The minimum atomic E-state index is -1.03. The van der Waals surface area contributed by atoms with Crippen molar-refractivity contribution < 1.29 is 23.8 Å². The number of benzene rings is 2. The van der Waals surface area contributed by atoms with Crippen molar-refractivity contribution in [1.82, 2.24) is 25.2 Å². The summed E-state index contributed by atoms with van der Waals surface area (Å²) in [6.07, 6.45) is 0. The van der Waals surface area contributed by atoms with Gasteiger partial charge >= 0.3 is 5.97 Å². The van der Waals surface area contributed by atoms with Gasteiger partial charge in [0.1, 0.15) is 21.5 Å². The van der Waals surface area contributed by atoms with Gasteiger partial charge in [0.05, 0.1) is 25.4 Å². The third-order valence-corrected chi connectivity index (χ3v) is 5.51. The first kappa shape index (κ1) is 20.4. The second-order valence-corrected chi connectivity index (χ2v) is 7.45. The van der Waals surface area contributed by atoms with E-state index in [0.29, 0.717) is 39.2 Å². The van der Waals surface area contributed by atoms with Crippen molar-refractivity contribution >= 4 is 17.3 Å². The van der Waals surface area contributed by atoms with Crippen LogP contribution in [0.5, 0.6) is 17.2 Å². The van der Waals surface area contributed by atoms with Gasteiger partial charge in [0.2, 0.25) is 5.82 Å². The van der Waals surface area contributed by atoms with E-state index in [1.165, 1.54) is 30.1 Å². The number of carboxylic acids is 1. The zero-order valence-corrected chi connectivity index (χ0v) is 17.5. The van der Waals surface area contributed by atoms with Crippen LogP contribution in [0.3, 0.4) is 0 Å². The number of halogens is 1. The molecular weight excluding hydrogens is 425 g/mol. The van der Waals surface area contributed by atoms with E-state index >= 15 is 0 Å². The lowest BCUT2D eigenvalue weighted by atomic mass is 10.1. The molecule has 2 heterocycles. The molecule has 0 atom stereocenters. The Kier molecular flexibility index (Phi) is 5.34. The molecule has 0 aliphatic carbocycles. The van der Waals surface area contributed by atoms with Gasteiger partial charge in [-0.05, 0) is 42.5 Å². The SMILES string of the molecule is COc1cc(F)ccc1Oc1ccc(-c2nc(C)c(C(=O)O)s2)cc1-c1nnn(C)n1. The van der Waals surface area contributed by atoms with E-state index in [1.807, 2.05) is 0 Å². The van der Waals surface area contributed by atoms with Crippen LogP contribution in [0.15, 0.2) is 36.4 Å². The highest BCUT2D eigenvalue weighted by atomic mass is 32.1. The summed E-state index contributed by atoms with van der Waals surface area (Å²) in [5.41, 5.74) is 1.60. The second-order valence-electron chi connectivity index (χ2n) is 6.45. The van der Waals surface area contributed by atoms with Crippen molar-refractivity contribution in [2.45, 2.75) is 6.92 Å². The normalized spacial score (nSPS) is 10.8. The number of rotatable bonds is 6. The van der Waals surface area contributed by atoms with Gasteiger partial charge in [0.15, 0.2) is 11.5 Å². The smallest absolute Gasteiger partial charge is 0.347 e. The maximum atomic E-state index is 13.5. The molecule has 4 aromatic rings. The Morgan fingerprint density at radius 1 is 1.16 bits per heavy atom. The van der Waals surface area contributed by atoms with E-state index in [9.17, 15) is 14.3 Å². The van der Waals surface area contributed by atoms with E-state index in [4.69, 9.17) is 9.47 Å². The number of aromatic carboxylic acids is 1. The molecule has 0 fully saturated rings. The molecular formula is C20H16FN5O4S. The second kappa shape index (κ2) is 8.11. The molecule has 0 aliphatic heterocycles. The van der Waals surface area contributed by atoms with Gasteiger partial charge in [-0.25, -0.2) is 14.2 Å². The number of thiazole rings is 1. The summed E-state index contributed by atoms with van der Waals surface area (Å²) in [6.45, 7) is 1.65. The van der Waals surface area contributed by atoms with Crippen molar-refractivity contribution in [1.29, 1.82) is 0 Å². The van der Waals surface area contributed by atoms with Gasteiger partial charge in [-0.15, -0.1) is 21.5 Å². The molecule has 0 bridgehead atoms. The summed E-state index contributed by atoms with van der Waals surface area (Å²) in [6, 6.07) is 9.11. The lowest BCUT2D eigenvalue weighted by Crippen LogP contribution is -1.95. The van der Waals surface area contributed by atoms with E-state index < -0.39 is 11.8 Å². The number of aryl methyl sites for hydroxylation is 2. The maximum absolute atomic E-state index is 13.5. The molecule has 0 unspecified atom stereocenters. The van der Waals surface area contributed by atoms with Gasteiger partial charge in [0.25, 0.3) is 0 Å². The summed E-state index contributed by atoms with van der Waals surface area (Å²) >= 11 is 1.07. The number of tetrazole rings is 1. The Morgan fingerprint density at radius 2 is 1.94 bits per heavy atom. The standard InChI is InChI=1S/C20H16FN5O4S/c1-10-17(20(27)28)31-19(22-10)11-4-6-14(13(8-11)18-23-25-26(2)24-18)30-15-7-5-12(21)9-16(15)29-3/h4-9H,1-3H3,(H,27,28). The van der Waals surface area contributed by atoms with Gasteiger partial charge in [0, 0.05) is 11.6 Å². The Labute approximate surface area is 179 Å². The molecule has 0 saturated heterocycles. The Bertz CT molecular complexity index is 1290. The monoisotopic (exact) mass is 441 g/mol. The van der Waals surface area contributed by atoms with Crippen LogP contribution < -0.4 is 9.47 Å². The number of ether oxygens (including phenoxy) is 2. The number of hydrogen-bond acceptors (Lipinski definition) is 8. The molecule has 9 nitrogen and oxygen atoms in total. The molecule has 0 aliphatic rings. The fraction of sp³-hybridized carbons (Fsp3) is 0.150. The molecule has 0 amide bonds. The molecule has 158 valence electrons. The number of aromatic nitrogens is 5. The first-order valence-corrected chi connectivity index (χ1v) is 9.78. The van der Waals surface area contributed by atoms with Crippen molar-refractivity contribution in [3.63, 3.8) is 0 Å². The van der Waals surface area contributed by atoms with E-state index in [1.54, 1.807) is 32.2 Å². The van der Waals surface area contributed by atoms with Crippen LogP contribution in [-0.4, -0.2) is 43.4 Å². The highest BCUT2D eigenvalue weighted by Crippen LogP contribution is 2.39. The third-order valence-electron chi connectivity index (χ3n) is 4.31. The Balaban J connectivity index is 1.81. The Morgan fingerprint density at radius 3 is 2.58 bits per heavy atom. The van der Waals surface area contributed by atoms with Gasteiger partial charge < -0.3 is 14.6 Å². The van der Waals surface area contributed by atoms with Crippen LogP contribution >= 0.6 is 11.3 Å². The summed E-state index contributed by atoms with van der Waals surface area (Å²) in [7, 11) is 3.05. The minimum absolute atomic E-state index is 0.172. The highest BCUT2D eigenvalue weighted by molar-refractivity contribution is 7.17. The number of hydrogen-bond donors (Lipinski definition) is 1. The number of methoxy groups -OCH3 is 1. The summed E-state index contributed by atoms with van der Waals surface area (Å²) in [5.74, 6) is -0.270. The van der Waals surface area contributed by atoms with Gasteiger partial charge in [-0.2, -0.15) is 4.80 Å². The number of carboxylic acid groups (broad SMARTS) is 1. The predicted octanol–water partition coefficient (Wildman–Crippen LogP) is 3.95. The van der Waals surface area contributed by atoms with Crippen LogP contribution in [0.1, 0.15) is 15.4 Å². The van der Waals surface area contributed by atoms with E-state index in [2.05, 4.69) is 20.4 Å². The van der Waals surface area contributed by atoms with Crippen LogP contribution in [0, 0.1) is 12.7 Å². The zero-order chi connectivity index (χ0) is 22.1. The molecule has 11 heteroatoms. The van der Waals surface area contributed by atoms with E-state index in [-0.39, 0.29) is 10.6 Å². The largest absolute Gasteiger partial charge is 0.493 e. The molecule has 4 rings (SSSR count). The molecule has 0 spiro atoms. The summed E-state index contributed by atoms with van der Waals surface area (Å²) < 4.78 is 24.7. The Hall–Kier alpha value is -3.86. The van der Waals surface area contributed by atoms with Crippen molar-refractivity contribution in [2.75, 3.05) is 7.11 Å². The molecule has 2 aromatic heterocycles. The third kappa shape index (κ3) is 4.08. The van der Waals surface area contributed by atoms with Gasteiger partial charge in [-0.3, -0.25) is 0 Å². The minimum Gasteiger partial charge on any atom is -0.493 e. The number of carbonyl (C=O) groups is 1. The molecule has 0 saturated carbocycles. The van der Waals surface area contributed by atoms with Crippen LogP contribution in [0.25, 0.3) is 22.0 Å². The molecule has 31 heavy (non-hydrogen) atoms. The average Bonchev–Trinajstić information content (AvgIpc) is 3.35. The van der Waals surface area contributed by atoms with E-state index in [0.717, 1.165) is 11.3 Å². The average molecular weight is 441 g/mol. The quantitative estimate of drug-likeness (QED) is 0.479. The maximum Gasteiger partial charge on any atom is 0.347 e. The van der Waals surface area contributed by atoms with Crippen LogP contribution in [-0.2, 0) is 7.05 Å². The zero-order valence-electron chi connectivity index (χ0n) is 16.7. The van der Waals surface area contributed by atoms with Crippen molar-refractivity contribution in [3.05, 3.63) is 52.8 Å². The fourth-order valence-corrected chi connectivity index (χ4v) is 3.78. The predicted molar refractivity (Wildman–Crippen MR) is 110 cm³/mol. The summed E-state index contributed by atoms with van der Waals surface area (Å²) in [5, 5.41) is 22.0. The summed E-state index contributed by atoms with van der Waals surface area (Å²) in [4.78, 5) is 17.2. The first-order chi connectivity index (χ1) is 14.9. The highest BCUT2D eigenvalue weighted by Gasteiger charge is 2.19. The van der Waals surface area contributed by atoms with Crippen LogP contribution in [0.4, 0.5) is 4.39 Å². The topological polar surface area (TPSA) is 112 Å². The first-order valence-electron chi connectivity index (χ1n) is 8.96. The number of nitrogens with zero attached hydrogens (tertiary/aromatic N) is 5. The van der Waals surface area contributed by atoms with Crippen molar-refractivity contribution in [2.24, 2.45) is 7.05 Å². The molecule has 0 radical (unpaired) electrons. The fourth-order valence-electron chi connectivity index (χ4n) is 2.88. The lowest BCUT2D eigenvalue weighted by molar-refractivity contribution is 0.0701. The van der Waals surface area contributed by atoms with Gasteiger partial charge in [-0.1, -0.05) is 0 Å². The van der Waals surface area contributed by atoms with Crippen molar-refractivity contribution in [3.8, 4) is 39.2 Å². The van der Waals surface area contributed by atoms with Crippen LogP contribution in [0.2, 0.25) is 0 Å². The molecule has 2 aromatic carbocycles. The molecule has 1 N–H and O–H groups in total.